The van der Waals surface area contributed by atoms with Crippen LogP contribution in [0.15, 0.2) is 12.1 Å². The number of piperidine rings is 1. The van der Waals surface area contributed by atoms with Gasteiger partial charge in [0.2, 0.25) is 0 Å². The maximum Gasteiger partial charge on any atom is 0.270 e. The normalized spacial score (nSPS) is 24.9. The lowest BCUT2D eigenvalue weighted by molar-refractivity contribution is -0.115. The Morgan fingerprint density at radius 3 is 2.37 bits per heavy atom. The molecule has 0 bridgehead atoms. The zero-order valence-electron chi connectivity index (χ0n) is 22.0. The monoisotopic (exact) mass is 482 g/mol. The van der Waals surface area contributed by atoms with Crippen molar-refractivity contribution in [3.05, 3.63) is 17.7 Å². The van der Waals surface area contributed by atoms with E-state index in [4.69, 9.17) is 10.4 Å². The van der Waals surface area contributed by atoms with E-state index in [0.717, 1.165) is 44.2 Å². The Hall–Kier alpha value is -2.15. The van der Waals surface area contributed by atoms with E-state index < -0.39 is 0 Å². The lowest BCUT2D eigenvalue weighted by Crippen LogP contribution is -2.51. The molecule has 3 N–H and O–H groups in total. The van der Waals surface area contributed by atoms with Crippen LogP contribution in [0.5, 0.6) is 0 Å². The highest BCUT2D eigenvalue weighted by Gasteiger charge is 2.29. The number of hydrogen-bond donors (Lipinski definition) is 3. The smallest absolute Gasteiger partial charge is 0.270 e. The number of pyridine rings is 1. The van der Waals surface area contributed by atoms with Crippen LogP contribution in [0.3, 0.4) is 0 Å². The van der Waals surface area contributed by atoms with Crippen molar-refractivity contribution in [1.82, 2.24) is 15.2 Å². The van der Waals surface area contributed by atoms with Gasteiger partial charge in [-0.05, 0) is 63.5 Å². The van der Waals surface area contributed by atoms with Crippen molar-refractivity contribution in [2.24, 2.45) is 5.92 Å². The molecular formula is C28H46N6O. The Morgan fingerprint density at radius 2 is 1.69 bits per heavy atom. The van der Waals surface area contributed by atoms with Crippen molar-refractivity contribution in [3.63, 3.8) is 0 Å². The Bertz CT molecular complexity index is 844. The number of carbonyl (C=O) groups excluding carboxylic acids is 1. The first kappa shape index (κ1) is 25.9. The summed E-state index contributed by atoms with van der Waals surface area (Å²) in [7, 11) is 1.82. The van der Waals surface area contributed by atoms with Crippen molar-refractivity contribution >= 4 is 23.3 Å². The molecule has 1 aromatic heterocycles. The first-order chi connectivity index (χ1) is 17.0. The van der Waals surface area contributed by atoms with E-state index in [1.807, 2.05) is 19.2 Å². The van der Waals surface area contributed by atoms with Gasteiger partial charge in [-0.1, -0.05) is 38.5 Å². The van der Waals surface area contributed by atoms with Crippen LogP contribution in [0, 0.1) is 11.3 Å². The second kappa shape index (κ2) is 12.7. The molecule has 0 radical (unpaired) electrons. The number of carbonyl (C=O) groups is 1. The number of rotatable bonds is 7. The predicted octanol–water partition coefficient (Wildman–Crippen LogP) is 4.81. The summed E-state index contributed by atoms with van der Waals surface area (Å²) < 4.78 is 0. The zero-order valence-corrected chi connectivity index (χ0v) is 22.0. The summed E-state index contributed by atoms with van der Waals surface area (Å²) in [6, 6.07) is 4.47. The van der Waals surface area contributed by atoms with Gasteiger partial charge in [-0.15, -0.1) is 0 Å². The minimum Gasteiger partial charge on any atom is -0.373 e. The topological polar surface area (TPSA) is 84.4 Å². The molecule has 4 rings (SSSR count). The van der Waals surface area contributed by atoms with E-state index in [-0.39, 0.29) is 17.7 Å². The molecule has 7 nitrogen and oxygen atoms in total. The van der Waals surface area contributed by atoms with Gasteiger partial charge < -0.3 is 20.4 Å². The Balaban J connectivity index is 1.32. The molecule has 7 heteroatoms. The number of amides is 1. The molecule has 194 valence electrons. The minimum absolute atomic E-state index is 0.00152. The fraction of sp³-hybridized carbons (Fsp3) is 0.750. The molecule has 3 aliphatic rings. The number of nitrogens with one attached hydrogen (secondary N) is 3. The van der Waals surface area contributed by atoms with Crippen molar-refractivity contribution in [1.29, 1.82) is 5.41 Å². The first-order valence-corrected chi connectivity index (χ1v) is 14.1. The summed E-state index contributed by atoms with van der Waals surface area (Å²) >= 11 is 0. The lowest BCUT2D eigenvalue weighted by atomic mass is 9.87. The van der Waals surface area contributed by atoms with Gasteiger partial charge in [-0.2, -0.15) is 0 Å². The van der Waals surface area contributed by atoms with Crippen molar-refractivity contribution < 1.29 is 4.79 Å². The molecule has 1 aliphatic carbocycles. The van der Waals surface area contributed by atoms with Gasteiger partial charge in [0.25, 0.3) is 5.91 Å². The highest BCUT2D eigenvalue weighted by molar-refractivity contribution is 6.45. The van der Waals surface area contributed by atoms with Crippen molar-refractivity contribution in [2.45, 2.75) is 96.1 Å². The highest BCUT2D eigenvalue weighted by atomic mass is 16.1. The van der Waals surface area contributed by atoms with Crippen LogP contribution in [-0.2, 0) is 4.79 Å². The predicted molar refractivity (Wildman–Crippen MR) is 145 cm³/mol. The van der Waals surface area contributed by atoms with E-state index in [0.29, 0.717) is 17.4 Å². The summed E-state index contributed by atoms with van der Waals surface area (Å²) in [5.74, 6) is 2.10. The number of aromatic nitrogens is 1. The summed E-state index contributed by atoms with van der Waals surface area (Å²) in [4.78, 5) is 22.8. The van der Waals surface area contributed by atoms with E-state index in [2.05, 4.69) is 27.4 Å². The van der Waals surface area contributed by atoms with E-state index >= 15 is 0 Å². The van der Waals surface area contributed by atoms with Gasteiger partial charge in [0.05, 0.1) is 0 Å². The third-order valence-electron chi connectivity index (χ3n) is 8.36. The summed E-state index contributed by atoms with van der Waals surface area (Å²) in [6.07, 6.45) is 15.1. The molecule has 1 saturated carbocycles. The fourth-order valence-electron chi connectivity index (χ4n) is 6.20. The average molecular weight is 483 g/mol. The third-order valence-corrected chi connectivity index (χ3v) is 8.36. The number of likely N-dealkylation sites (tertiary alicyclic amines) is 1. The number of hydrogen-bond acceptors (Lipinski definition) is 6. The van der Waals surface area contributed by atoms with Gasteiger partial charge >= 0.3 is 0 Å². The molecule has 35 heavy (non-hydrogen) atoms. The Kier molecular flexibility index (Phi) is 9.41. The summed E-state index contributed by atoms with van der Waals surface area (Å²) in [5, 5.41) is 14.9. The molecule has 2 unspecified atom stereocenters. The largest absolute Gasteiger partial charge is 0.373 e. The third kappa shape index (κ3) is 6.96. The van der Waals surface area contributed by atoms with Crippen LogP contribution in [0.1, 0.15) is 89.5 Å². The highest BCUT2D eigenvalue weighted by Crippen LogP contribution is 2.27. The van der Waals surface area contributed by atoms with Gasteiger partial charge in [0.1, 0.15) is 17.3 Å². The maximum atomic E-state index is 13.0. The summed E-state index contributed by atoms with van der Waals surface area (Å²) in [5.41, 5.74) is 0.571. The zero-order chi connectivity index (χ0) is 24.6. The number of anilines is 2. The van der Waals surface area contributed by atoms with Crippen molar-refractivity contribution in [2.75, 3.05) is 43.4 Å². The molecular weight excluding hydrogens is 436 g/mol. The van der Waals surface area contributed by atoms with Crippen LogP contribution in [0.25, 0.3) is 0 Å². The van der Waals surface area contributed by atoms with E-state index in [1.54, 1.807) is 0 Å². The van der Waals surface area contributed by atoms with Gasteiger partial charge in [0.15, 0.2) is 0 Å². The Labute approximate surface area is 211 Å². The SMILES string of the molecule is CNc1nc(N2CCCCCCC2)ccc1C(=N)C(=O)NC1CCN(CC2CCCCC2)C(C)C1. The molecule has 1 aromatic rings. The summed E-state index contributed by atoms with van der Waals surface area (Å²) in [6.45, 7) is 6.57. The Morgan fingerprint density at radius 1 is 1.00 bits per heavy atom. The van der Waals surface area contributed by atoms with E-state index in [9.17, 15) is 4.79 Å². The number of nitrogens with zero attached hydrogens (tertiary/aromatic N) is 3. The average Bonchev–Trinajstić information content (AvgIpc) is 2.85. The van der Waals surface area contributed by atoms with Crippen LogP contribution in [-0.4, -0.2) is 66.8 Å². The quantitative estimate of drug-likeness (QED) is 0.486. The molecule has 3 fully saturated rings. The second-order valence-corrected chi connectivity index (χ2v) is 11.0. The van der Waals surface area contributed by atoms with Gasteiger partial charge in [0, 0.05) is 50.9 Å². The minimum atomic E-state index is -0.291. The van der Waals surface area contributed by atoms with Crippen molar-refractivity contribution in [3.8, 4) is 0 Å². The fourth-order valence-corrected chi connectivity index (χ4v) is 6.20. The molecule has 1 amide bonds. The van der Waals surface area contributed by atoms with E-state index in [1.165, 1.54) is 70.8 Å². The molecule has 3 heterocycles. The molecule has 2 saturated heterocycles. The first-order valence-electron chi connectivity index (χ1n) is 14.1. The van der Waals surface area contributed by atoms with Crippen LogP contribution >= 0.6 is 0 Å². The molecule has 0 aromatic carbocycles. The van der Waals surface area contributed by atoms with Crippen LogP contribution in [0.4, 0.5) is 11.6 Å². The standard InChI is InChI=1S/C28H46N6O/c1-21-19-23(15-18-34(21)20-22-11-7-6-8-12-22)31-28(35)26(29)24-13-14-25(32-27(24)30-2)33-16-9-4-3-5-10-17-33/h13-14,21-23,29H,3-12,15-20H2,1-2H3,(H,30,32)(H,31,35). The molecule has 0 spiro atoms. The lowest BCUT2D eigenvalue weighted by Gasteiger charge is -2.40. The van der Waals surface area contributed by atoms with Crippen LogP contribution < -0.4 is 15.5 Å². The van der Waals surface area contributed by atoms with Gasteiger partial charge in [-0.3, -0.25) is 10.2 Å². The second-order valence-electron chi connectivity index (χ2n) is 11.0. The van der Waals surface area contributed by atoms with Crippen LogP contribution in [0.2, 0.25) is 0 Å². The van der Waals surface area contributed by atoms with Gasteiger partial charge in [-0.25, -0.2) is 4.98 Å². The maximum absolute atomic E-state index is 13.0. The molecule has 2 aliphatic heterocycles. The molecule has 2 atom stereocenters.